The van der Waals surface area contributed by atoms with Crippen molar-refractivity contribution >= 4 is 30.7 Å². The van der Waals surface area contributed by atoms with Crippen molar-refractivity contribution in [2.45, 2.75) is 57.7 Å². The molecule has 1 fully saturated rings. The molecule has 5 nitrogen and oxygen atoms in total. The fourth-order valence-corrected chi connectivity index (χ4v) is 3.68. The molecule has 2 unspecified atom stereocenters. The lowest BCUT2D eigenvalue weighted by molar-refractivity contribution is -0.128. The average molecular weight is 413 g/mol. The summed E-state index contributed by atoms with van der Waals surface area (Å²) in [4.78, 5) is 17.0. The van der Waals surface area contributed by atoms with Crippen LogP contribution in [0.3, 0.4) is 0 Å². The van der Waals surface area contributed by atoms with Gasteiger partial charge in [-0.1, -0.05) is 43.2 Å². The molecule has 0 radical (unpaired) electrons. The summed E-state index contributed by atoms with van der Waals surface area (Å²) >= 11 is 0. The van der Waals surface area contributed by atoms with Gasteiger partial charge in [-0.15, -0.1) is 24.8 Å². The fraction of sp³-hybridized carbons (Fsp3) is 0.500. The maximum Gasteiger partial charge on any atom is 0.225 e. The van der Waals surface area contributed by atoms with E-state index in [0.29, 0.717) is 6.54 Å². The van der Waals surface area contributed by atoms with E-state index in [9.17, 15) is 4.79 Å². The molecule has 7 heteroatoms. The summed E-state index contributed by atoms with van der Waals surface area (Å²) in [5, 5.41) is 3.05. The third-order valence-electron chi connectivity index (χ3n) is 5.28. The van der Waals surface area contributed by atoms with Gasteiger partial charge in [-0.25, -0.2) is 4.98 Å². The van der Waals surface area contributed by atoms with E-state index in [1.165, 1.54) is 5.56 Å². The lowest BCUT2D eigenvalue weighted by atomic mass is 9.74. The molecule has 2 atom stereocenters. The number of carbonyl (C=O) groups is 1. The molecule has 3 rings (SSSR count). The Morgan fingerprint density at radius 2 is 2.04 bits per heavy atom. The molecule has 0 aliphatic heterocycles. The Balaban J connectivity index is 0.00000182. The van der Waals surface area contributed by atoms with Gasteiger partial charge in [-0.2, -0.15) is 0 Å². The van der Waals surface area contributed by atoms with Gasteiger partial charge < -0.3 is 15.6 Å². The number of aryl methyl sites for hydroxylation is 2. The van der Waals surface area contributed by atoms with Crippen molar-refractivity contribution in [1.82, 2.24) is 14.9 Å². The van der Waals surface area contributed by atoms with E-state index in [1.54, 1.807) is 6.20 Å². The first-order chi connectivity index (χ1) is 12.1. The molecule has 3 N–H and O–H groups in total. The van der Waals surface area contributed by atoms with Crippen LogP contribution in [-0.4, -0.2) is 21.0 Å². The number of halogens is 2. The molecular formula is C20H30Cl2N4O. The van der Waals surface area contributed by atoms with Gasteiger partial charge in [0.1, 0.15) is 5.82 Å². The second-order valence-corrected chi connectivity index (χ2v) is 7.29. The lowest BCUT2D eigenvalue weighted by Crippen LogP contribution is -2.52. The van der Waals surface area contributed by atoms with Crippen LogP contribution in [0.1, 0.15) is 44.0 Å². The number of nitrogens with zero attached hydrogens (tertiary/aromatic N) is 2. The first-order valence-electron chi connectivity index (χ1n) is 9.17. The molecule has 1 saturated carbocycles. The van der Waals surface area contributed by atoms with E-state index in [4.69, 9.17) is 5.73 Å². The number of amides is 1. The second kappa shape index (κ2) is 10.7. The van der Waals surface area contributed by atoms with Crippen molar-refractivity contribution in [2.75, 3.05) is 0 Å². The number of nitrogens with two attached hydrogens (primary N) is 1. The van der Waals surface area contributed by atoms with Crippen molar-refractivity contribution in [3.63, 3.8) is 0 Å². The Bertz CT molecular complexity index is 703. The van der Waals surface area contributed by atoms with Crippen LogP contribution in [0.5, 0.6) is 0 Å². The molecule has 1 aliphatic carbocycles. The van der Waals surface area contributed by atoms with E-state index in [1.807, 2.05) is 19.2 Å². The number of rotatable bonds is 6. The maximum absolute atomic E-state index is 12.6. The second-order valence-electron chi connectivity index (χ2n) is 7.29. The van der Waals surface area contributed by atoms with Crippen molar-refractivity contribution in [1.29, 1.82) is 0 Å². The summed E-state index contributed by atoms with van der Waals surface area (Å²) in [7, 11) is 0. The lowest BCUT2D eigenvalue weighted by Gasteiger charge is -2.37. The zero-order valence-electron chi connectivity index (χ0n) is 15.8. The number of benzene rings is 1. The van der Waals surface area contributed by atoms with Crippen LogP contribution in [0.25, 0.3) is 0 Å². The Hall–Kier alpha value is -1.56. The SMILES string of the molecule is CC1(N)CCCCC1C(=O)NCc1nccn1CCc1ccccc1.Cl.Cl. The van der Waals surface area contributed by atoms with E-state index in [-0.39, 0.29) is 36.6 Å². The van der Waals surface area contributed by atoms with Crippen LogP contribution >= 0.6 is 24.8 Å². The molecule has 2 aromatic rings. The highest BCUT2D eigenvalue weighted by atomic mass is 35.5. The Labute approximate surface area is 173 Å². The molecule has 1 aromatic heterocycles. The normalized spacial score (nSPS) is 21.6. The summed E-state index contributed by atoms with van der Waals surface area (Å²) in [5.74, 6) is 0.843. The molecule has 1 aromatic carbocycles. The molecule has 0 saturated heterocycles. The molecule has 1 heterocycles. The zero-order chi connectivity index (χ0) is 17.7. The van der Waals surface area contributed by atoms with Crippen molar-refractivity contribution in [2.24, 2.45) is 11.7 Å². The molecule has 1 amide bonds. The summed E-state index contributed by atoms with van der Waals surface area (Å²) in [5.41, 5.74) is 7.23. The number of aromatic nitrogens is 2. The number of nitrogens with one attached hydrogen (secondary N) is 1. The third-order valence-corrected chi connectivity index (χ3v) is 5.28. The number of hydrogen-bond donors (Lipinski definition) is 2. The van der Waals surface area contributed by atoms with Gasteiger partial charge in [-0.05, 0) is 31.7 Å². The van der Waals surface area contributed by atoms with Gasteiger partial charge in [0.15, 0.2) is 0 Å². The predicted octanol–water partition coefficient (Wildman–Crippen LogP) is 3.49. The highest BCUT2D eigenvalue weighted by Gasteiger charge is 2.37. The minimum absolute atomic E-state index is 0. The van der Waals surface area contributed by atoms with E-state index in [2.05, 4.69) is 39.1 Å². The summed E-state index contributed by atoms with van der Waals surface area (Å²) in [6.45, 7) is 3.30. The average Bonchev–Trinajstić information content (AvgIpc) is 3.06. The van der Waals surface area contributed by atoms with E-state index in [0.717, 1.165) is 44.5 Å². The van der Waals surface area contributed by atoms with Crippen LogP contribution in [0.4, 0.5) is 0 Å². The minimum atomic E-state index is -0.398. The largest absolute Gasteiger partial charge is 0.349 e. The standard InChI is InChI=1S/C20H28N4O.2ClH/c1-20(21)11-6-5-9-17(20)19(25)23-15-18-22-12-14-24(18)13-10-16-7-3-2-4-8-16;;/h2-4,7-8,12,14,17H,5-6,9-11,13,15,21H2,1H3,(H,23,25);2*1H. The van der Waals surface area contributed by atoms with Crippen LogP contribution in [-0.2, 0) is 24.3 Å². The van der Waals surface area contributed by atoms with Crippen molar-refractivity contribution in [3.8, 4) is 0 Å². The van der Waals surface area contributed by atoms with E-state index >= 15 is 0 Å². The molecule has 0 spiro atoms. The summed E-state index contributed by atoms with van der Waals surface area (Å²) < 4.78 is 2.11. The first kappa shape index (κ1) is 23.5. The van der Waals surface area contributed by atoms with Crippen LogP contribution in [0.15, 0.2) is 42.7 Å². The minimum Gasteiger partial charge on any atom is -0.349 e. The Kier molecular flexibility index (Phi) is 9.30. The molecular weight excluding hydrogens is 383 g/mol. The summed E-state index contributed by atoms with van der Waals surface area (Å²) in [6.07, 6.45) is 8.69. The number of hydrogen-bond acceptors (Lipinski definition) is 3. The topological polar surface area (TPSA) is 72.9 Å². The smallest absolute Gasteiger partial charge is 0.225 e. The van der Waals surface area contributed by atoms with Crippen LogP contribution < -0.4 is 11.1 Å². The van der Waals surface area contributed by atoms with Crippen LogP contribution in [0, 0.1) is 5.92 Å². The number of carbonyl (C=O) groups excluding carboxylic acids is 1. The van der Waals surface area contributed by atoms with Gasteiger partial charge in [-0.3, -0.25) is 4.79 Å². The molecule has 1 aliphatic rings. The van der Waals surface area contributed by atoms with Gasteiger partial charge in [0.2, 0.25) is 5.91 Å². The van der Waals surface area contributed by atoms with E-state index < -0.39 is 5.54 Å². The van der Waals surface area contributed by atoms with Crippen LogP contribution in [0.2, 0.25) is 0 Å². The zero-order valence-corrected chi connectivity index (χ0v) is 17.4. The molecule has 27 heavy (non-hydrogen) atoms. The number of imidazole rings is 1. The monoisotopic (exact) mass is 412 g/mol. The van der Waals surface area contributed by atoms with Crippen molar-refractivity contribution in [3.05, 3.63) is 54.1 Å². The van der Waals surface area contributed by atoms with Gasteiger partial charge >= 0.3 is 0 Å². The van der Waals surface area contributed by atoms with Gasteiger partial charge in [0.25, 0.3) is 0 Å². The van der Waals surface area contributed by atoms with Crippen molar-refractivity contribution < 1.29 is 4.79 Å². The molecule has 0 bridgehead atoms. The highest BCUT2D eigenvalue weighted by Crippen LogP contribution is 2.31. The van der Waals surface area contributed by atoms with Gasteiger partial charge in [0.05, 0.1) is 12.5 Å². The highest BCUT2D eigenvalue weighted by molar-refractivity contribution is 5.85. The maximum atomic E-state index is 12.6. The first-order valence-corrected chi connectivity index (χ1v) is 9.17. The fourth-order valence-electron chi connectivity index (χ4n) is 3.68. The Morgan fingerprint density at radius 3 is 2.74 bits per heavy atom. The molecule has 150 valence electrons. The summed E-state index contributed by atoms with van der Waals surface area (Å²) in [6, 6.07) is 10.4. The van der Waals surface area contributed by atoms with Gasteiger partial charge in [0, 0.05) is 24.5 Å². The third kappa shape index (κ3) is 6.23. The predicted molar refractivity (Wildman–Crippen MR) is 113 cm³/mol. The quantitative estimate of drug-likeness (QED) is 0.762. The Morgan fingerprint density at radius 1 is 1.30 bits per heavy atom.